The molecule has 2 aliphatic rings. The van der Waals surface area contributed by atoms with Gasteiger partial charge in [0.05, 0.1) is 17.5 Å². The minimum absolute atomic E-state index is 0.0709. The summed E-state index contributed by atoms with van der Waals surface area (Å²) in [6.07, 6.45) is 2.38. The highest BCUT2D eigenvalue weighted by atomic mass is 35.5. The largest absolute Gasteiger partial charge is 0.491 e. The quantitative estimate of drug-likeness (QED) is 0.444. The Morgan fingerprint density at radius 3 is 2.36 bits per heavy atom. The van der Waals surface area contributed by atoms with Gasteiger partial charge in [0.1, 0.15) is 18.2 Å². The Balaban J connectivity index is 1.44. The molecule has 1 N–H and O–H groups in total. The Kier molecular flexibility index (Phi) is 8.26. The Hall–Kier alpha value is -2.97. The predicted molar refractivity (Wildman–Crippen MR) is 132 cm³/mol. The van der Waals surface area contributed by atoms with Gasteiger partial charge in [0.2, 0.25) is 11.8 Å². The Labute approximate surface area is 214 Å². The summed E-state index contributed by atoms with van der Waals surface area (Å²) < 4.78 is 19.9. The van der Waals surface area contributed by atoms with Crippen LogP contribution in [0.3, 0.4) is 0 Å². The van der Waals surface area contributed by atoms with Crippen LogP contribution in [0, 0.1) is 11.7 Å². The third-order valence-corrected chi connectivity index (χ3v) is 7.27. The third kappa shape index (κ3) is 6.05. The lowest BCUT2D eigenvalue weighted by Crippen LogP contribution is -2.46. The number of hydrogen-bond donors (Lipinski definition) is 1. The second kappa shape index (κ2) is 11.4. The highest BCUT2D eigenvalue weighted by Crippen LogP contribution is 2.34. The fourth-order valence-corrected chi connectivity index (χ4v) is 4.89. The zero-order valence-corrected chi connectivity index (χ0v) is 21.0. The van der Waals surface area contributed by atoms with Crippen molar-refractivity contribution in [1.82, 2.24) is 9.80 Å². The van der Waals surface area contributed by atoms with Gasteiger partial charge >= 0.3 is 5.97 Å². The molecule has 0 unspecified atom stereocenters. The lowest BCUT2D eigenvalue weighted by molar-refractivity contribution is -0.147. The standard InChI is InChI=1S/C27H30ClFN2O5/c1-2-19-11-17(4-6-24(19)36-10-9-31-25(32)7-8-26(31)33)15-30(21-13-20(14-21)27(34)35)16-18-3-5-22(28)23(29)12-18/h3-6,11-12,20-21H,2,7-10,13-16H2,1H3,(H,34,35). The molecule has 1 heterocycles. The first kappa shape index (κ1) is 26.1. The number of hydrogen-bond acceptors (Lipinski definition) is 5. The van der Waals surface area contributed by atoms with Gasteiger partial charge in [0.25, 0.3) is 0 Å². The topological polar surface area (TPSA) is 87.2 Å². The van der Waals surface area contributed by atoms with Crippen LogP contribution in [0.15, 0.2) is 36.4 Å². The predicted octanol–water partition coefficient (Wildman–Crippen LogP) is 4.43. The number of carbonyl (C=O) groups is 3. The normalized spacial score (nSPS) is 19.6. The van der Waals surface area contributed by atoms with E-state index < -0.39 is 11.8 Å². The highest BCUT2D eigenvalue weighted by molar-refractivity contribution is 6.30. The van der Waals surface area contributed by atoms with Gasteiger partial charge in [-0.15, -0.1) is 0 Å². The highest BCUT2D eigenvalue weighted by Gasteiger charge is 2.38. The van der Waals surface area contributed by atoms with E-state index in [1.54, 1.807) is 6.07 Å². The lowest BCUT2D eigenvalue weighted by atomic mass is 9.79. The van der Waals surface area contributed by atoms with Gasteiger partial charge in [0, 0.05) is 32.0 Å². The van der Waals surface area contributed by atoms with Crippen LogP contribution in [0.25, 0.3) is 0 Å². The number of benzene rings is 2. The number of amides is 2. The minimum atomic E-state index is -0.782. The summed E-state index contributed by atoms with van der Waals surface area (Å²) in [5, 5.41) is 9.38. The van der Waals surface area contributed by atoms with E-state index in [9.17, 15) is 23.9 Å². The van der Waals surface area contributed by atoms with Crippen LogP contribution < -0.4 is 4.74 Å². The summed E-state index contributed by atoms with van der Waals surface area (Å²) in [6, 6.07) is 10.7. The number of nitrogens with zero attached hydrogens (tertiary/aromatic N) is 2. The van der Waals surface area contributed by atoms with Gasteiger partial charge in [-0.05, 0) is 54.2 Å². The van der Waals surface area contributed by atoms with Gasteiger partial charge in [-0.25, -0.2) is 4.39 Å². The van der Waals surface area contributed by atoms with E-state index in [0.29, 0.717) is 31.7 Å². The lowest BCUT2D eigenvalue weighted by Gasteiger charge is -2.41. The summed E-state index contributed by atoms with van der Waals surface area (Å²) in [6.45, 7) is 3.54. The van der Waals surface area contributed by atoms with Gasteiger partial charge in [0.15, 0.2) is 0 Å². The molecule has 2 aromatic carbocycles. The van der Waals surface area contributed by atoms with Crippen molar-refractivity contribution in [2.75, 3.05) is 13.2 Å². The van der Waals surface area contributed by atoms with Crippen molar-refractivity contribution < 1.29 is 28.6 Å². The fourth-order valence-electron chi connectivity index (χ4n) is 4.78. The van der Waals surface area contributed by atoms with Crippen molar-refractivity contribution in [2.24, 2.45) is 5.92 Å². The molecule has 4 rings (SSSR count). The number of carbonyl (C=O) groups excluding carboxylic acids is 2. The molecule has 0 atom stereocenters. The molecule has 1 saturated heterocycles. The number of aryl methyl sites for hydroxylation is 1. The van der Waals surface area contributed by atoms with Crippen LogP contribution in [0.5, 0.6) is 5.75 Å². The van der Waals surface area contributed by atoms with Crippen LogP contribution in [0.4, 0.5) is 4.39 Å². The van der Waals surface area contributed by atoms with E-state index >= 15 is 0 Å². The van der Waals surface area contributed by atoms with Crippen LogP contribution in [0.2, 0.25) is 5.02 Å². The first-order valence-corrected chi connectivity index (χ1v) is 12.6. The second-order valence-corrected chi connectivity index (χ2v) is 9.80. The average Bonchev–Trinajstić information content (AvgIpc) is 3.13. The molecule has 0 bridgehead atoms. The number of likely N-dealkylation sites (tertiary alicyclic amines) is 1. The Bertz CT molecular complexity index is 1130. The van der Waals surface area contributed by atoms with E-state index in [2.05, 4.69) is 11.0 Å². The first-order chi connectivity index (χ1) is 17.2. The van der Waals surface area contributed by atoms with E-state index in [4.69, 9.17) is 16.3 Å². The molecule has 1 aliphatic carbocycles. The maximum Gasteiger partial charge on any atom is 0.306 e. The van der Waals surface area contributed by atoms with Gasteiger partial charge < -0.3 is 9.84 Å². The second-order valence-electron chi connectivity index (χ2n) is 9.40. The van der Waals surface area contributed by atoms with E-state index in [1.165, 1.54) is 17.0 Å². The molecular formula is C27H30ClFN2O5. The number of aliphatic carboxylic acids is 1. The maximum absolute atomic E-state index is 14.0. The SMILES string of the molecule is CCc1cc(CN(Cc2ccc(Cl)c(F)c2)C2CC(C(=O)O)C2)ccc1OCCN1C(=O)CCC1=O. The number of halogens is 2. The molecule has 0 aromatic heterocycles. The van der Waals surface area contributed by atoms with Crippen molar-refractivity contribution in [3.8, 4) is 5.75 Å². The summed E-state index contributed by atoms with van der Waals surface area (Å²) in [4.78, 5) is 38.4. The molecule has 1 aliphatic heterocycles. The molecule has 1 saturated carbocycles. The summed E-state index contributed by atoms with van der Waals surface area (Å²) in [5.41, 5.74) is 2.82. The summed E-state index contributed by atoms with van der Waals surface area (Å²) >= 11 is 5.84. The maximum atomic E-state index is 14.0. The van der Waals surface area contributed by atoms with E-state index in [1.807, 2.05) is 19.1 Å². The molecule has 192 valence electrons. The van der Waals surface area contributed by atoms with Crippen molar-refractivity contribution in [1.29, 1.82) is 0 Å². The zero-order valence-electron chi connectivity index (χ0n) is 20.2. The molecule has 7 nitrogen and oxygen atoms in total. The molecule has 2 amide bonds. The molecule has 2 fully saturated rings. The summed E-state index contributed by atoms with van der Waals surface area (Å²) in [5.74, 6) is -1.21. The van der Waals surface area contributed by atoms with Crippen molar-refractivity contribution >= 4 is 29.4 Å². The monoisotopic (exact) mass is 516 g/mol. The number of rotatable bonds is 11. The smallest absolute Gasteiger partial charge is 0.306 e. The van der Waals surface area contributed by atoms with Gasteiger partial charge in [-0.1, -0.05) is 36.7 Å². The Morgan fingerprint density at radius 1 is 1.11 bits per heavy atom. The van der Waals surface area contributed by atoms with Crippen LogP contribution in [0.1, 0.15) is 49.3 Å². The van der Waals surface area contributed by atoms with E-state index in [-0.39, 0.29) is 54.8 Å². The molecule has 2 aromatic rings. The zero-order chi connectivity index (χ0) is 25.8. The molecule has 36 heavy (non-hydrogen) atoms. The van der Waals surface area contributed by atoms with Crippen molar-refractivity contribution in [3.05, 3.63) is 63.9 Å². The van der Waals surface area contributed by atoms with E-state index in [0.717, 1.165) is 23.1 Å². The fraction of sp³-hybridized carbons (Fsp3) is 0.444. The minimum Gasteiger partial charge on any atom is -0.491 e. The molecule has 0 spiro atoms. The number of ether oxygens (including phenoxy) is 1. The molecule has 9 heteroatoms. The molecular weight excluding hydrogens is 487 g/mol. The third-order valence-electron chi connectivity index (χ3n) is 6.97. The Morgan fingerprint density at radius 2 is 1.75 bits per heavy atom. The van der Waals surface area contributed by atoms with Crippen LogP contribution >= 0.6 is 11.6 Å². The van der Waals surface area contributed by atoms with Gasteiger partial charge in [-0.3, -0.25) is 24.2 Å². The number of imide groups is 1. The van der Waals surface area contributed by atoms with Crippen molar-refractivity contribution in [3.63, 3.8) is 0 Å². The number of carboxylic acids is 1. The van der Waals surface area contributed by atoms with Crippen LogP contribution in [-0.4, -0.2) is 51.9 Å². The number of carboxylic acid groups (broad SMARTS) is 1. The van der Waals surface area contributed by atoms with Gasteiger partial charge in [-0.2, -0.15) is 0 Å². The first-order valence-electron chi connectivity index (χ1n) is 12.2. The summed E-state index contributed by atoms with van der Waals surface area (Å²) in [7, 11) is 0. The molecule has 0 radical (unpaired) electrons. The van der Waals surface area contributed by atoms with Crippen LogP contribution in [-0.2, 0) is 33.9 Å². The van der Waals surface area contributed by atoms with Crippen molar-refractivity contribution in [2.45, 2.75) is 58.2 Å². The average molecular weight is 517 g/mol.